The van der Waals surface area contributed by atoms with E-state index in [2.05, 4.69) is 11.2 Å². The fourth-order valence-electron chi connectivity index (χ4n) is 1.87. The van der Waals surface area contributed by atoms with E-state index in [4.69, 9.17) is 10.6 Å². The molecule has 0 aromatic heterocycles. The number of aryl methyl sites for hydroxylation is 1. The van der Waals surface area contributed by atoms with E-state index in [9.17, 15) is 0 Å². The summed E-state index contributed by atoms with van der Waals surface area (Å²) in [4.78, 5) is 4.83. The summed E-state index contributed by atoms with van der Waals surface area (Å²) in [6.45, 7) is 0. The minimum Gasteiger partial charge on any atom is -0.399 e. The number of nitrogens with zero attached hydrogens (tertiary/aromatic N) is 1. The highest BCUT2D eigenvalue weighted by molar-refractivity contribution is 6.03. The molecular formula is C11H14N2O. The Balaban J connectivity index is 2.47. The number of hydrogen-bond donors (Lipinski definition) is 1. The van der Waals surface area contributed by atoms with Crippen LogP contribution in [0.15, 0.2) is 23.4 Å². The zero-order valence-electron chi connectivity index (χ0n) is 8.29. The highest BCUT2D eigenvalue weighted by Gasteiger charge is 2.15. The van der Waals surface area contributed by atoms with E-state index in [0.29, 0.717) is 0 Å². The van der Waals surface area contributed by atoms with Crippen molar-refractivity contribution in [3.8, 4) is 0 Å². The molecule has 0 amide bonds. The summed E-state index contributed by atoms with van der Waals surface area (Å²) in [5, 5.41) is 4.03. The second kappa shape index (κ2) is 3.70. The summed E-state index contributed by atoms with van der Waals surface area (Å²) in [5.41, 5.74) is 10.0. The Bertz CT molecular complexity index is 372. The van der Waals surface area contributed by atoms with Crippen LogP contribution < -0.4 is 5.73 Å². The molecule has 3 heteroatoms. The maximum atomic E-state index is 5.74. The van der Waals surface area contributed by atoms with Crippen molar-refractivity contribution in [2.75, 3.05) is 12.8 Å². The Hall–Kier alpha value is -1.51. The smallest absolute Gasteiger partial charge is 0.106 e. The molecule has 14 heavy (non-hydrogen) atoms. The van der Waals surface area contributed by atoms with Crippen LogP contribution in [0.1, 0.15) is 24.0 Å². The Morgan fingerprint density at radius 2 is 2.21 bits per heavy atom. The number of anilines is 1. The molecule has 1 aliphatic rings. The molecule has 0 atom stereocenters. The Morgan fingerprint density at radius 3 is 3.00 bits per heavy atom. The van der Waals surface area contributed by atoms with Gasteiger partial charge in [-0.1, -0.05) is 11.2 Å². The third kappa shape index (κ3) is 1.58. The molecule has 1 aromatic carbocycles. The number of nitrogens with two attached hydrogens (primary N) is 1. The van der Waals surface area contributed by atoms with Gasteiger partial charge in [-0.25, -0.2) is 0 Å². The first-order valence-corrected chi connectivity index (χ1v) is 4.80. The van der Waals surface area contributed by atoms with Gasteiger partial charge in [0.25, 0.3) is 0 Å². The standard InChI is InChI=1S/C11H14N2O/c1-14-13-11-4-2-3-8-5-6-9(12)7-10(8)11/h5-7H,2-4,12H2,1H3/b13-11-. The molecule has 2 N–H and O–H groups in total. The van der Waals surface area contributed by atoms with Crippen LogP contribution in [0.5, 0.6) is 0 Å². The maximum Gasteiger partial charge on any atom is 0.106 e. The van der Waals surface area contributed by atoms with Crippen LogP contribution in [-0.4, -0.2) is 12.8 Å². The van der Waals surface area contributed by atoms with Crippen LogP contribution >= 0.6 is 0 Å². The molecule has 2 rings (SSSR count). The highest BCUT2D eigenvalue weighted by Crippen LogP contribution is 2.23. The SMILES string of the molecule is CO/N=C1/CCCc2ccc(N)cc21. The number of hydrogen-bond acceptors (Lipinski definition) is 3. The van der Waals surface area contributed by atoms with Crippen LogP contribution in [0.4, 0.5) is 5.69 Å². The summed E-state index contributed by atoms with van der Waals surface area (Å²) in [7, 11) is 1.58. The van der Waals surface area contributed by atoms with Crippen LogP contribution in [0.2, 0.25) is 0 Å². The van der Waals surface area contributed by atoms with Crippen LogP contribution in [-0.2, 0) is 11.3 Å². The van der Waals surface area contributed by atoms with Crippen LogP contribution in [0.3, 0.4) is 0 Å². The number of rotatable bonds is 1. The number of nitrogen functional groups attached to an aromatic ring is 1. The van der Waals surface area contributed by atoms with Gasteiger partial charge >= 0.3 is 0 Å². The minimum atomic E-state index is 0.787. The average Bonchev–Trinajstić information content (AvgIpc) is 2.19. The van der Waals surface area contributed by atoms with E-state index in [1.807, 2.05) is 12.1 Å². The van der Waals surface area contributed by atoms with Crippen LogP contribution in [0, 0.1) is 0 Å². The molecular weight excluding hydrogens is 176 g/mol. The first-order chi connectivity index (χ1) is 6.81. The van der Waals surface area contributed by atoms with E-state index in [-0.39, 0.29) is 0 Å². The predicted octanol–water partition coefficient (Wildman–Crippen LogP) is 1.96. The molecule has 0 saturated heterocycles. The number of oxime groups is 1. The summed E-state index contributed by atoms with van der Waals surface area (Å²) in [6, 6.07) is 6.00. The highest BCUT2D eigenvalue weighted by atomic mass is 16.6. The maximum absolute atomic E-state index is 5.74. The summed E-state index contributed by atoms with van der Waals surface area (Å²) in [6.07, 6.45) is 3.22. The molecule has 0 heterocycles. The second-order valence-electron chi connectivity index (χ2n) is 3.49. The quantitative estimate of drug-likeness (QED) is 0.543. The Kier molecular flexibility index (Phi) is 2.39. The third-order valence-electron chi connectivity index (χ3n) is 2.51. The molecule has 0 radical (unpaired) electrons. The normalized spacial score (nSPS) is 17.9. The largest absolute Gasteiger partial charge is 0.399 e. The molecule has 1 aromatic rings. The minimum absolute atomic E-state index is 0.787. The van der Waals surface area contributed by atoms with Crippen molar-refractivity contribution < 1.29 is 4.84 Å². The lowest BCUT2D eigenvalue weighted by atomic mass is 9.90. The van der Waals surface area contributed by atoms with E-state index in [0.717, 1.165) is 36.2 Å². The molecule has 0 bridgehead atoms. The van der Waals surface area contributed by atoms with Gasteiger partial charge in [0.15, 0.2) is 0 Å². The van der Waals surface area contributed by atoms with Gasteiger partial charge in [0.05, 0.1) is 5.71 Å². The fraction of sp³-hybridized carbons (Fsp3) is 0.364. The first kappa shape index (κ1) is 9.06. The van der Waals surface area contributed by atoms with Crippen molar-refractivity contribution in [3.63, 3.8) is 0 Å². The van der Waals surface area contributed by atoms with Gasteiger partial charge in [0.1, 0.15) is 7.11 Å². The third-order valence-corrected chi connectivity index (χ3v) is 2.51. The van der Waals surface area contributed by atoms with Crippen molar-refractivity contribution >= 4 is 11.4 Å². The lowest BCUT2D eigenvalue weighted by Crippen LogP contribution is -2.12. The van der Waals surface area contributed by atoms with Gasteiger partial charge in [0.2, 0.25) is 0 Å². The molecule has 74 valence electrons. The fourth-order valence-corrected chi connectivity index (χ4v) is 1.87. The van der Waals surface area contributed by atoms with Gasteiger partial charge < -0.3 is 10.6 Å². The Morgan fingerprint density at radius 1 is 1.36 bits per heavy atom. The van der Waals surface area contributed by atoms with Crippen molar-refractivity contribution in [1.29, 1.82) is 0 Å². The van der Waals surface area contributed by atoms with Crippen LogP contribution in [0.25, 0.3) is 0 Å². The molecule has 0 fully saturated rings. The van der Waals surface area contributed by atoms with Gasteiger partial charge in [0, 0.05) is 11.3 Å². The van der Waals surface area contributed by atoms with Crippen molar-refractivity contribution in [2.45, 2.75) is 19.3 Å². The second-order valence-corrected chi connectivity index (χ2v) is 3.49. The van der Waals surface area contributed by atoms with E-state index in [1.54, 1.807) is 7.11 Å². The van der Waals surface area contributed by atoms with Gasteiger partial charge in [-0.05, 0) is 37.0 Å². The predicted molar refractivity (Wildman–Crippen MR) is 57.3 cm³/mol. The summed E-state index contributed by atoms with van der Waals surface area (Å²) < 4.78 is 0. The lowest BCUT2D eigenvalue weighted by Gasteiger charge is -2.17. The van der Waals surface area contributed by atoms with E-state index < -0.39 is 0 Å². The topological polar surface area (TPSA) is 47.6 Å². The zero-order valence-corrected chi connectivity index (χ0v) is 8.29. The monoisotopic (exact) mass is 190 g/mol. The average molecular weight is 190 g/mol. The van der Waals surface area contributed by atoms with Gasteiger partial charge in [-0.2, -0.15) is 0 Å². The molecule has 1 aliphatic carbocycles. The Labute approximate surface area is 83.6 Å². The lowest BCUT2D eigenvalue weighted by molar-refractivity contribution is 0.212. The molecule has 0 spiro atoms. The number of benzene rings is 1. The van der Waals surface area contributed by atoms with Crippen molar-refractivity contribution in [3.05, 3.63) is 29.3 Å². The van der Waals surface area contributed by atoms with Crippen molar-refractivity contribution in [1.82, 2.24) is 0 Å². The van der Waals surface area contributed by atoms with Gasteiger partial charge in [-0.15, -0.1) is 0 Å². The van der Waals surface area contributed by atoms with E-state index in [1.165, 1.54) is 5.56 Å². The zero-order chi connectivity index (χ0) is 9.97. The molecule has 0 unspecified atom stereocenters. The molecule has 0 aliphatic heterocycles. The molecule has 0 saturated carbocycles. The van der Waals surface area contributed by atoms with Crippen molar-refractivity contribution in [2.24, 2.45) is 5.16 Å². The van der Waals surface area contributed by atoms with E-state index >= 15 is 0 Å². The summed E-state index contributed by atoms with van der Waals surface area (Å²) >= 11 is 0. The van der Waals surface area contributed by atoms with Gasteiger partial charge in [-0.3, -0.25) is 0 Å². The first-order valence-electron chi connectivity index (χ1n) is 4.80. The summed E-state index contributed by atoms with van der Waals surface area (Å²) in [5.74, 6) is 0. The number of fused-ring (bicyclic) bond motifs is 1. The molecule has 3 nitrogen and oxygen atoms in total.